The summed E-state index contributed by atoms with van der Waals surface area (Å²) in [5.74, 6) is 1.89. The van der Waals surface area contributed by atoms with E-state index in [1.54, 1.807) is 0 Å². The molecule has 0 spiro atoms. The Hall–Kier alpha value is -6.17. The minimum Gasteiger partial charge on any atom is -0.456 e. The van der Waals surface area contributed by atoms with Crippen molar-refractivity contribution in [3.05, 3.63) is 163 Å². The number of thiophene rings is 1. The highest BCUT2D eigenvalue weighted by atomic mass is 32.1. The number of allylic oxidation sites excluding steroid dienone is 4. The van der Waals surface area contributed by atoms with E-state index in [-0.39, 0.29) is 0 Å². The van der Waals surface area contributed by atoms with Gasteiger partial charge >= 0.3 is 0 Å². The van der Waals surface area contributed by atoms with Gasteiger partial charge in [0, 0.05) is 47.6 Å². The molecule has 0 atom stereocenters. The third-order valence-corrected chi connectivity index (χ3v) is 10.8. The van der Waals surface area contributed by atoms with Gasteiger partial charge in [0.25, 0.3) is 0 Å². The van der Waals surface area contributed by atoms with Crippen LogP contribution >= 0.6 is 11.3 Å². The first kappa shape index (κ1) is 28.8. The van der Waals surface area contributed by atoms with E-state index in [2.05, 4.69) is 91.0 Å². The van der Waals surface area contributed by atoms with E-state index in [9.17, 15) is 0 Å². The normalized spacial score (nSPS) is 13.3. The summed E-state index contributed by atoms with van der Waals surface area (Å²) < 4.78 is 8.88. The van der Waals surface area contributed by atoms with Crippen molar-refractivity contribution in [2.45, 2.75) is 12.8 Å². The Balaban J connectivity index is 1.03. The van der Waals surface area contributed by atoms with Gasteiger partial charge in [-0.25, -0.2) is 15.0 Å². The monoisotopic (exact) mass is 659 g/mol. The van der Waals surface area contributed by atoms with Crippen LogP contribution < -0.4 is 0 Å². The highest BCUT2D eigenvalue weighted by molar-refractivity contribution is 7.25. The number of para-hydroxylation sites is 1. The molecule has 3 heterocycles. The SMILES string of the molecule is C1=C(c2ccc(-c3nc(-c4ccccc4)nc(-c4cccc5oc6ccccc6c45)n3)cc2)C=C(c2ccc3c(c2)sc2ccccc23)CC1. The van der Waals surface area contributed by atoms with Gasteiger partial charge in [0.15, 0.2) is 17.5 Å². The fourth-order valence-corrected chi connectivity index (χ4v) is 8.32. The Morgan fingerprint density at radius 3 is 2.02 bits per heavy atom. The lowest BCUT2D eigenvalue weighted by atomic mass is 9.90. The molecule has 0 amide bonds. The molecule has 0 bridgehead atoms. The Morgan fingerprint density at radius 1 is 0.500 bits per heavy atom. The maximum atomic E-state index is 6.20. The third-order valence-electron chi connectivity index (χ3n) is 9.64. The van der Waals surface area contributed by atoms with E-state index in [1.165, 1.54) is 42.4 Å². The van der Waals surface area contributed by atoms with Crippen LogP contribution in [0, 0.1) is 0 Å². The van der Waals surface area contributed by atoms with E-state index in [1.807, 2.05) is 72.0 Å². The molecule has 5 heteroatoms. The first-order valence-corrected chi connectivity index (χ1v) is 17.7. The molecule has 0 N–H and O–H groups in total. The number of fused-ring (bicyclic) bond motifs is 6. The predicted molar refractivity (Wildman–Crippen MR) is 208 cm³/mol. The number of rotatable bonds is 5. The molecule has 0 unspecified atom stereocenters. The first-order valence-electron chi connectivity index (χ1n) is 16.9. The number of hydrogen-bond donors (Lipinski definition) is 0. The summed E-state index contributed by atoms with van der Waals surface area (Å²) in [4.78, 5) is 15.1. The maximum absolute atomic E-state index is 6.20. The van der Waals surface area contributed by atoms with Crippen molar-refractivity contribution in [1.29, 1.82) is 0 Å². The van der Waals surface area contributed by atoms with Crippen LogP contribution in [-0.4, -0.2) is 15.0 Å². The van der Waals surface area contributed by atoms with E-state index < -0.39 is 0 Å². The van der Waals surface area contributed by atoms with Crippen molar-refractivity contribution < 1.29 is 4.42 Å². The van der Waals surface area contributed by atoms with Gasteiger partial charge in [0.1, 0.15) is 11.2 Å². The summed E-state index contributed by atoms with van der Waals surface area (Å²) in [5.41, 5.74) is 9.57. The lowest BCUT2D eigenvalue weighted by Gasteiger charge is -2.15. The second-order valence-corrected chi connectivity index (χ2v) is 13.8. The van der Waals surface area contributed by atoms with Crippen molar-refractivity contribution in [3.63, 3.8) is 0 Å². The molecule has 9 aromatic rings. The zero-order valence-electron chi connectivity index (χ0n) is 27.0. The van der Waals surface area contributed by atoms with Crippen molar-refractivity contribution in [2.24, 2.45) is 0 Å². The molecule has 0 aliphatic heterocycles. The molecule has 0 fully saturated rings. The van der Waals surface area contributed by atoms with E-state index in [0.29, 0.717) is 17.5 Å². The lowest BCUT2D eigenvalue weighted by Crippen LogP contribution is -2.00. The molecule has 3 aromatic heterocycles. The van der Waals surface area contributed by atoms with Gasteiger partial charge < -0.3 is 4.42 Å². The summed E-state index contributed by atoms with van der Waals surface area (Å²) in [6.07, 6.45) is 6.75. The first-order chi connectivity index (χ1) is 24.7. The number of benzene rings is 6. The van der Waals surface area contributed by atoms with Crippen LogP contribution in [0.2, 0.25) is 0 Å². The number of hydrogen-bond acceptors (Lipinski definition) is 5. The molecular formula is C45H29N3OS. The topological polar surface area (TPSA) is 51.8 Å². The van der Waals surface area contributed by atoms with Gasteiger partial charge in [0.2, 0.25) is 0 Å². The minimum absolute atomic E-state index is 0.619. The summed E-state index contributed by atoms with van der Waals surface area (Å²) in [5, 5.41) is 4.73. The van der Waals surface area contributed by atoms with E-state index in [0.717, 1.165) is 51.5 Å². The standard InChI is InChI=1S/C45H29N3OS/c1-2-10-29(11-3-1)43-46-44(48-45(47-43)37-16-9-18-39-42(37)36-15-4-6-17-38(36)49-39)30-22-20-28(21-23-30)31-12-8-13-32(26-31)33-24-25-35-34-14-5-7-19-40(34)50-41(35)27-33/h1-7,9-12,14-27H,8,13H2. The summed E-state index contributed by atoms with van der Waals surface area (Å²) in [6, 6.07) is 48.6. The average molecular weight is 660 g/mol. The van der Waals surface area contributed by atoms with Gasteiger partial charge in [-0.15, -0.1) is 11.3 Å². The van der Waals surface area contributed by atoms with E-state index in [4.69, 9.17) is 19.4 Å². The van der Waals surface area contributed by atoms with Gasteiger partial charge in [-0.2, -0.15) is 0 Å². The Morgan fingerprint density at radius 2 is 1.16 bits per heavy atom. The van der Waals surface area contributed by atoms with Crippen molar-refractivity contribution >= 4 is 64.6 Å². The zero-order valence-corrected chi connectivity index (χ0v) is 27.8. The van der Waals surface area contributed by atoms with Crippen molar-refractivity contribution in [1.82, 2.24) is 15.0 Å². The molecule has 10 rings (SSSR count). The quantitative estimate of drug-likeness (QED) is 0.184. The molecule has 4 nitrogen and oxygen atoms in total. The third kappa shape index (κ3) is 4.94. The Bertz CT molecular complexity index is 2810. The van der Waals surface area contributed by atoms with Crippen molar-refractivity contribution in [3.8, 4) is 34.2 Å². The van der Waals surface area contributed by atoms with Crippen LogP contribution in [0.1, 0.15) is 24.0 Å². The van der Waals surface area contributed by atoms with Crippen molar-refractivity contribution in [2.75, 3.05) is 0 Å². The second kappa shape index (κ2) is 11.8. The highest BCUT2D eigenvalue weighted by Gasteiger charge is 2.18. The van der Waals surface area contributed by atoms with E-state index >= 15 is 0 Å². The summed E-state index contributed by atoms with van der Waals surface area (Å²) in [7, 11) is 0. The van der Waals surface area contributed by atoms with Crippen LogP contribution in [-0.2, 0) is 0 Å². The van der Waals surface area contributed by atoms with Crippen LogP contribution in [0.3, 0.4) is 0 Å². The number of aromatic nitrogens is 3. The molecule has 0 radical (unpaired) electrons. The maximum Gasteiger partial charge on any atom is 0.164 e. The fraction of sp³-hybridized carbons (Fsp3) is 0.0444. The van der Waals surface area contributed by atoms with Crippen LogP contribution in [0.15, 0.2) is 156 Å². The number of nitrogens with zero attached hydrogens (tertiary/aromatic N) is 3. The predicted octanol–water partition coefficient (Wildman–Crippen LogP) is 12.4. The molecule has 0 saturated heterocycles. The Kier molecular flexibility index (Phi) is 6.78. The van der Waals surface area contributed by atoms with Crippen LogP contribution in [0.25, 0.3) is 87.4 Å². The Labute approximate surface area is 292 Å². The van der Waals surface area contributed by atoms with Gasteiger partial charge in [-0.3, -0.25) is 0 Å². The molecule has 50 heavy (non-hydrogen) atoms. The molecule has 6 aromatic carbocycles. The molecule has 236 valence electrons. The van der Waals surface area contributed by atoms with Gasteiger partial charge in [-0.05, 0) is 59.4 Å². The molecular weight excluding hydrogens is 631 g/mol. The smallest absolute Gasteiger partial charge is 0.164 e. The highest BCUT2D eigenvalue weighted by Crippen LogP contribution is 2.39. The van der Waals surface area contributed by atoms with Crippen LogP contribution in [0.5, 0.6) is 0 Å². The van der Waals surface area contributed by atoms with Gasteiger partial charge in [-0.1, -0.05) is 127 Å². The second-order valence-electron chi connectivity index (χ2n) is 12.7. The zero-order chi connectivity index (χ0) is 33.0. The molecule has 0 saturated carbocycles. The minimum atomic E-state index is 0.619. The lowest BCUT2D eigenvalue weighted by molar-refractivity contribution is 0.669. The summed E-state index contributed by atoms with van der Waals surface area (Å²) >= 11 is 1.87. The summed E-state index contributed by atoms with van der Waals surface area (Å²) in [6.45, 7) is 0. The van der Waals surface area contributed by atoms with Crippen LogP contribution in [0.4, 0.5) is 0 Å². The number of furan rings is 1. The average Bonchev–Trinajstić information content (AvgIpc) is 3.76. The fourth-order valence-electron chi connectivity index (χ4n) is 7.17. The molecule has 1 aliphatic carbocycles. The van der Waals surface area contributed by atoms with Gasteiger partial charge in [0.05, 0.1) is 0 Å². The molecule has 1 aliphatic rings. The largest absolute Gasteiger partial charge is 0.456 e.